The molecule has 2 aliphatic rings. The fourth-order valence-electron chi connectivity index (χ4n) is 5.29. The number of carbonyl (C=O) groups excluding carboxylic acids is 2. The van der Waals surface area contributed by atoms with Crippen LogP contribution < -0.4 is 14.4 Å². The van der Waals surface area contributed by atoms with Crippen molar-refractivity contribution in [1.29, 1.82) is 0 Å². The Morgan fingerprint density at radius 3 is 2.80 bits per heavy atom. The molecule has 0 radical (unpaired) electrons. The molecule has 44 heavy (non-hydrogen) atoms. The summed E-state index contributed by atoms with van der Waals surface area (Å²) in [5.74, 6) is 0.0839. The van der Waals surface area contributed by atoms with E-state index < -0.39 is 17.7 Å². The molecule has 0 spiro atoms. The molecular formula is C33H30ClN3O5S2. The molecule has 0 bridgehead atoms. The van der Waals surface area contributed by atoms with Gasteiger partial charge in [-0.05, 0) is 66.4 Å². The second kappa shape index (κ2) is 13.0. The van der Waals surface area contributed by atoms with Crippen LogP contribution in [0.5, 0.6) is 11.5 Å². The van der Waals surface area contributed by atoms with Crippen molar-refractivity contribution >= 4 is 57.3 Å². The van der Waals surface area contributed by atoms with E-state index in [1.54, 1.807) is 18.2 Å². The highest BCUT2D eigenvalue weighted by Gasteiger charge is 2.48. The number of nitrogens with zero attached hydrogens (tertiary/aromatic N) is 3. The Morgan fingerprint density at radius 1 is 1.14 bits per heavy atom. The molecule has 2 aliphatic heterocycles. The fourth-order valence-corrected chi connectivity index (χ4v) is 7.45. The minimum atomic E-state index is -0.942. The van der Waals surface area contributed by atoms with E-state index >= 15 is 0 Å². The number of halogens is 1. The van der Waals surface area contributed by atoms with Crippen molar-refractivity contribution in [2.24, 2.45) is 0 Å². The molecule has 0 saturated carbocycles. The number of unbranched alkanes of at least 4 members (excludes halogenated alkanes) is 1. The predicted octanol–water partition coefficient (Wildman–Crippen LogP) is 7.61. The van der Waals surface area contributed by atoms with Crippen LogP contribution >= 0.6 is 34.7 Å². The van der Waals surface area contributed by atoms with Gasteiger partial charge in [-0.25, -0.2) is 0 Å². The van der Waals surface area contributed by atoms with Crippen LogP contribution in [-0.4, -0.2) is 39.7 Å². The summed E-state index contributed by atoms with van der Waals surface area (Å²) in [5, 5.41) is 21.2. The standard InChI is InChI=1S/C33H30ClN3O5S2/c1-3-4-14-41-24-10-7-9-20(17-24)28-27(29(38)21-12-13-26-23(16-21)15-19(2)42-26)30(39)31(40)37(28)32-35-36-33(44-32)43-18-22-8-5-6-11-25(22)34/h5-13,16-17,19,28,38H,3-4,14-15,18H2,1-2H3. The SMILES string of the molecule is CCCCOc1cccc(C2C(=C(O)c3ccc4c(c3)CC(C)O4)C(=O)C(=O)N2c2nnc(SCc3ccccc3Cl)s2)c1. The zero-order valence-corrected chi connectivity index (χ0v) is 26.5. The lowest BCUT2D eigenvalue weighted by Gasteiger charge is -2.23. The van der Waals surface area contributed by atoms with E-state index in [0.29, 0.717) is 45.0 Å². The highest BCUT2D eigenvalue weighted by atomic mass is 35.5. The van der Waals surface area contributed by atoms with Crippen LogP contribution in [0.1, 0.15) is 55.0 Å². The number of aromatic nitrogens is 2. The molecule has 4 aromatic rings. The molecule has 1 amide bonds. The molecular weight excluding hydrogens is 618 g/mol. The zero-order valence-electron chi connectivity index (χ0n) is 24.2. The van der Waals surface area contributed by atoms with Crippen LogP contribution in [0.25, 0.3) is 5.76 Å². The van der Waals surface area contributed by atoms with Gasteiger partial charge in [0.25, 0.3) is 5.78 Å². The van der Waals surface area contributed by atoms with Gasteiger partial charge < -0.3 is 14.6 Å². The summed E-state index contributed by atoms with van der Waals surface area (Å²) in [6, 6.07) is 19.2. The van der Waals surface area contributed by atoms with Gasteiger partial charge in [0.2, 0.25) is 5.13 Å². The molecule has 6 rings (SSSR count). The van der Waals surface area contributed by atoms with Crippen molar-refractivity contribution in [1.82, 2.24) is 10.2 Å². The quantitative estimate of drug-likeness (QED) is 0.0469. The number of aliphatic hydroxyl groups is 1. The van der Waals surface area contributed by atoms with Crippen LogP contribution in [-0.2, 0) is 21.8 Å². The van der Waals surface area contributed by atoms with Gasteiger partial charge in [0.05, 0.1) is 18.2 Å². The van der Waals surface area contributed by atoms with Gasteiger partial charge in [-0.1, -0.05) is 78.4 Å². The molecule has 3 heterocycles. The number of aliphatic hydroxyl groups excluding tert-OH is 1. The number of Topliss-reactive ketones (excluding diaryl/α,β-unsaturated/α-hetero) is 1. The number of rotatable bonds is 10. The lowest BCUT2D eigenvalue weighted by molar-refractivity contribution is -0.132. The van der Waals surface area contributed by atoms with Crippen molar-refractivity contribution in [3.63, 3.8) is 0 Å². The summed E-state index contributed by atoms with van der Waals surface area (Å²) < 4.78 is 12.4. The first-order valence-electron chi connectivity index (χ1n) is 14.4. The van der Waals surface area contributed by atoms with E-state index in [9.17, 15) is 14.7 Å². The largest absolute Gasteiger partial charge is 0.507 e. The van der Waals surface area contributed by atoms with Crippen molar-refractivity contribution < 1.29 is 24.2 Å². The van der Waals surface area contributed by atoms with Gasteiger partial charge in [-0.15, -0.1) is 10.2 Å². The lowest BCUT2D eigenvalue weighted by atomic mass is 9.94. The smallest absolute Gasteiger partial charge is 0.301 e. The van der Waals surface area contributed by atoms with Crippen LogP contribution in [0.15, 0.2) is 76.6 Å². The monoisotopic (exact) mass is 647 g/mol. The topological polar surface area (TPSA) is 102 Å². The maximum absolute atomic E-state index is 13.7. The summed E-state index contributed by atoms with van der Waals surface area (Å²) in [5.41, 5.74) is 2.91. The number of anilines is 1. The number of ketones is 1. The first kappa shape index (κ1) is 30.2. The van der Waals surface area contributed by atoms with Gasteiger partial charge >= 0.3 is 5.91 Å². The zero-order chi connectivity index (χ0) is 30.8. The van der Waals surface area contributed by atoms with Crippen molar-refractivity contribution in [3.05, 3.63) is 99.6 Å². The molecule has 8 nitrogen and oxygen atoms in total. The Kier molecular flexibility index (Phi) is 8.93. The fraction of sp³-hybridized carbons (Fsp3) is 0.273. The average Bonchev–Trinajstić information content (AvgIpc) is 3.71. The number of benzene rings is 3. The summed E-state index contributed by atoms with van der Waals surface area (Å²) in [7, 11) is 0. The average molecular weight is 648 g/mol. The Labute approximate surface area is 268 Å². The van der Waals surface area contributed by atoms with E-state index in [1.807, 2.05) is 55.5 Å². The number of amides is 1. The third-order valence-corrected chi connectivity index (χ3v) is 9.94. The number of thioether (sulfide) groups is 1. The second-order valence-corrected chi connectivity index (χ2v) is 13.2. The van der Waals surface area contributed by atoms with E-state index in [-0.39, 0.29) is 22.6 Å². The highest BCUT2D eigenvalue weighted by Crippen LogP contribution is 2.45. The third kappa shape index (κ3) is 6.06. The van der Waals surface area contributed by atoms with Crippen molar-refractivity contribution in [3.8, 4) is 11.5 Å². The predicted molar refractivity (Wildman–Crippen MR) is 173 cm³/mol. The lowest BCUT2D eigenvalue weighted by Crippen LogP contribution is -2.29. The maximum atomic E-state index is 13.7. The van der Waals surface area contributed by atoms with Crippen LogP contribution in [0.2, 0.25) is 5.02 Å². The number of hydrogen-bond acceptors (Lipinski definition) is 9. The third-order valence-electron chi connectivity index (χ3n) is 7.47. The van der Waals surface area contributed by atoms with E-state index in [0.717, 1.165) is 29.7 Å². The van der Waals surface area contributed by atoms with Gasteiger partial charge in [0.15, 0.2) is 4.34 Å². The Bertz CT molecular complexity index is 1760. The first-order valence-corrected chi connectivity index (χ1v) is 16.6. The molecule has 2 unspecified atom stereocenters. The van der Waals surface area contributed by atoms with Crippen molar-refractivity contribution in [2.75, 3.05) is 11.5 Å². The summed E-state index contributed by atoms with van der Waals surface area (Å²) in [6.45, 7) is 4.60. The molecule has 1 saturated heterocycles. The molecule has 1 N–H and O–H groups in total. The minimum Gasteiger partial charge on any atom is -0.507 e. The van der Waals surface area contributed by atoms with Crippen LogP contribution in [0.3, 0.4) is 0 Å². The summed E-state index contributed by atoms with van der Waals surface area (Å²) >= 11 is 8.97. The molecule has 0 aliphatic carbocycles. The minimum absolute atomic E-state index is 0.0193. The highest BCUT2D eigenvalue weighted by molar-refractivity contribution is 8.00. The Hall–Kier alpha value is -3.86. The normalized spacial score (nSPS) is 18.8. The van der Waals surface area contributed by atoms with Gasteiger partial charge in [-0.2, -0.15) is 0 Å². The molecule has 1 fully saturated rings. The van der Waals surface area contributed by atoms with Crippen LogP contribution in [0, 0.1) is 0 Å². The van der Waals surface area contributed by atoms with Gasteiger partial charge in [0.1, 0.15) is 23.4 Å². The molecule has 2 atom stereocenters. The molecule has 3 aromatic carbocycles. The Morgan fingerprint density at radius 2 is 1.98 bits per heavy atom. The number of fused-ring (bicyclic) bond motifs is 1. The van der Waals surface area contributed by atoms with Gasteiger partial charge in [0, 0.05) is 22.8 Å². The second-order valence-electron chi connectivity index (χ2n) is 10.6. The number of carbonyl (C=O) groups is 2. The van der Waals surface area contributed by atoms with Gasteiger partial charge in [-0.3, -0.25) is 14.5 Å². The Balaban J connectivity index is 1.39. The summed E-state index contributed by atoms with van der Waals surface area (Å²) in [4.78, 5) is 28.7. The van der Waals surface area contributed by atoms with E-state index in [4.69, 9.17) is 21.1 Å². The molecule has 226 valence electrons. The number of ether oxygens (including phenoxy) is 2. The maximum Gasteiger partial charge on any atom is 0.301 e. The molecule has 11 heteroatoms. The van der Waals surface area contributed by atoms with E-state index in [1.165, 1.54) is 28.0 Å². The summed E-state index contributed by atoms with van der Waals surface area (Å²) in [6.07, 6.45) is 2.58. The van der Waals surface area contributed by atoms with Crippen LogP contribution in [0.4, 0.5) is 5.13 Å². The molecule has 1 aromatic heterocycles. The first-order chi connectivity index (χ1) is 21.3. The number of hydrogen-bond donors (Lipinski definition) is 1. The van der Waals surface area contributed by atoms with E-state index in [2.05, 4.69) is 17.1 Å². The van der Waals surface area contributed by atoms with Crippen molar-refractivity contribution in [2.45, 2.75) is 55.3 Å².